The normalized spacial score (nSPS) is 15.2. The van der Waals surface area contributed by atoms with E-state index in [1.54, 1.807) is 32.1 Å². The Labute approximate surface area is 243 Å². The summed E-state index contributed by atoms with van der Waals surface area (Å²) in [6.45, 7) is 7.85. The second-order valence-corrected chi connectivity index (χ2v) is 11.2. The van der Waals surface area contributed by atoms with Crippen molar-refractivity contribution in [1.82, 2.24) is 4.57 Å². The molecule has 2 aromatic heterocycles. The molecule has 0 fully saturated rings. The third-order valence-corrected chi connectivity index (χ3v) is 8.07. The summed E-state index contributed by atoms with van der Waals surface area (Å²) in [4.78, 5) is 42.7. The van der Waals surface area contributed by atoms with Crippen LogP contribution >= 0.6 is 22.9 Å². The lowest BCUT2D eigenvalue weighted by Crippen LogP contribution is -2.39. The molecule has 210 valence electrons. The van der Waals surface area contributed by atoms with Crippen LogP contribution in [0.1, 0.15) is 56.5 Å². The zero-order valence-electron chi connectivity index (χ0n) is 22.7. The number of carbonyl (C=O) groups is 1. The van der Waals surface area contributed by atoms with E-state index in [4.69, 9.17) is 20.8 Å². The van der Waals surface area contributed by atoms with Crippen LogP contribution in [0, 0.1) is 10.1 Å². The van der Waals surface area contributed by atoms with Crippen LogP contribution < -0.4 is 14.9 Å². The third-order valence-electron chi connectivity index (χ3n) is 6.76. The second-order valence-electron chi connectivity index (χ2n) is 9.75. The summed E-state index contributed by atoms with van der Waals surface area (Å²) in [5, 5.41) is 11.5. The number of nitro groups is 1. The first kappa shape index (κ1) is 28.3. The van der Waals surface area contributed by atoms with Crippen molar-refractivity contribution in [3.8, 4) is 11.3 Å². The number of hydrogen-bond donors (Lipinski definition) is 0. The third kappa shape index (κ3) is 5.40. The van der Waals surface area contributed by atoms with Crippen LogP contribution in [0.4, 0.5) is 5.69 Å². The van der Waals surface area contributed by atoms with Gasteiger partial charge >= 0.3 is 5.97 Å². The molecule has 3 heterocycles. The molecule has 0 bridgehead atoms. The van der Waals surface area contributed by atoms with Gasteiger partial charge < -0.3 is 9.15 Å². The average Bonchev–Trinajstić information content (AvgIpc) is 3.52. The van der Waals surface area contributed by atoms with Gasteiger partial charge in [-0.15, -0.1) is 0 Å². The lowest BCUT2D eigenvalue weighted by atomic mass is 9.93. The minimum Gasteiger partial charge on any atom is -0.463 e. The van der Waals surface area contributed by atoms with Gasteiger partial charge in [0.1, 0.15) is 11.5 Å². The molecule has 1 aliphatic rings. The predicted molar refractivity (Wildman–Crippen MR) is 157 cm³/mol. The minimum atomic E-state index is -0.718. The zero-order chi connectivity index (χ0) is 29.4. The van der Waals surface area contributed by atoms with Crippen molar-refractivity contribution >= 4 is 40.7 Å². The molecule has 1 aliphatic heterocycles. The largest absolute Gasteiger partial charge is 0.463 e. The van der Waals surface area contributed by atoms with Gasteiger partial charge in [0.05, 0.1) is 38.4 Å². The van der Waals surface area contributed by atoms with E-state index in [1.165, 1.54) is 34.1 Å². The molecule has 0 radical (unpaired) electrons. The Kier molecular flexibility index (Phi) is 7.79. The molecule has 5 rings (SSSR count). The van der Waals surface area contributed by atoms with Crippen molar-refractivity contribution in [2.75, 3.05) is 6.61 Å². The standard InChI is InChI=1S/C30H26ClN3O6S/c1-5-39-29(36)26-17(4)32-30-33(27(26)19-8-6-18(7-9-19)16(2)3)28(35)25(41-30)15-21-11-13-24(40-21)22-14-20(34(37)38)10-12-23(22)31/h6-16,27H,5H2,1-4H3/b25-15-. The van der Waals surface area contributed by atoms with E-state index in [2.05, 4.69) is 18.8 Å². The van der Waals surface area contributed by atoms with Crippen molar-refractivity contribution in [3.05, 3.63) is 118 Å². The number of rotatable bonds is 7. The molecule has 11 heteroatoms. The van der Waals surface area contributed by atoms with Crippen molar-refractivity contribution in [2.45, 2.75) is 39.7 Å². The summed E-state index contributed by atoms with van der Waals surface area (Å²) < 4.78 is 13.1. The summed E-state index contributed by atoms with van der Waals surface area (Å²) in [5.41, 5.74) is 2.59. The highest BCUT2D eigenvalue weighted by Crippen LogP contribution is 2.33. The lowest BCUT2D eigenvalue weighted by molar-refractivity contribution is -0.384. The molecule has 0 N–H and O–H groups in total. The van der Waals surface area contributed by atoms with Gasteiger partial charge in [0.2, 0.25) is 0 Å². The maximum atomic E-state index is 13.8. The average molecular weight is 592 g/mol. The number of esters is 1. The highest BCUT2D eigenvalue weighted by atomic mass is 35.5. The number of aromatic nitrogens is 1. The fourth-order valence-corrected chi connectivity index (χ4v) is 5.93. The van der Waals surface area contributed by atoms with Crippen LogP contribution in [0.3, 0.4) is 0 Å². The van der Waals surface area contributed by atoms with E-state index < -0.39 is 16.9 Å². The van der Waals surface area contributed by atoms with Gasteiger partial charge in [-0.3, -0.25) is 19.5 Å². The molecular weight excluding hydrogens is 566 g/mol. The Balaban J connectivity index is 1.62. The first-order valence-electron chi connectivity index (χ1n) is 12.9. The molecule has 0 amide bonds. The molecule has 2 aromatic carbocycles. The number of nitro benzene ring substituents is 1. The van der Waals surface area contributed by atoms with Crippen molar-refractivity contribution < 1.29 is 18.9 Å². The van der Waals surface area contributed by atoms with E-state index in [0.29, 0.717) is 48.6 Å². The first-order chi connectivity index (χ1) is 19.6. The van der Waals surface area contributed by atoms with Crippen LogP contribution in [-0.2, 0) is 9.53 Å². The smallest absolute Gasteiger partial charge is 0.338 e. The van der Waals surface area contributed by atoms with Crippen molar-refractivity contribution in [3.63, 3.8) is 0 Å². The van der Waals surface area contributed by atoms with Gasteiger partial charge in [-0.05, 0) is 49.1 Å². The fourth-order valence-electron chi connectivity index (χ4n) is 4.69. The summed E-state index contributed by atoms with van der Waals surface area (Å²) in [6.07, 6.45) is 1.58. The summed E-state index contributed by atoms with van der Waals surface area (Å²) in [6, 6.07) is 14.5. The number of fused-ring (bicyclic) bond motifs is 1. The molecule has 0 aliphatic carbocycles. The number of hydrogen-bond acceptors (Lipinski definition) is 8. The lowest BCUT2D eigenvalue weighted by Gasteiger charge is -2.25. The Morgan fingerprint density at radius 1 is 1.22 bits per heavy atom. The summed E-state index contributed by atoms with van der Waals surface area (Å²) >= 11 is 7.45. The first-order valence-corrected chi connectivity index (χ1v) is 14.1. The Morgan fingerprint density at radius 3 is 2.61 bits per heavy atom. The van der Waals surface area contributed by atoms with E-state index in [1.807, 2.05) is 24.3 Å². The SMILES string of the molecule is CCOC(=O)C1=C(C)N=c2s/c(=C\c3ccc(-c4cc([N+](=O)[O-])ccc4Cl)o3)c(=O)n2C1c1ccc(C(C)C)cc1. The molecule has 4 aromatic rings. The predicted octanol–water partition coefficient (Wildman–Crippen LogP) is 5.74. The molecular formula is C30H26ClN3O6S. The van der Waals surface area contributed by atoms with Gasteiger partial charge in [-0.25, -0.2) is 9.79 Å². The van der Waals surface area contributed by atoms with E-state index >= 15 is 0 Å². The highest BCUT2D eigenvalue weighted by Gasteiger charge is 2.33. The van der Waals surface area contributed by atoms with Crippen LogP contribution in [0.25, 0.3) is 17.4 Å². The van der Waals surface area contributed by atoms with E-state index in [0.717, 1.165) is 11.1 Å². The van der Waals surface area contributed by atoms with Crippen LogP contribution in [0.2, 0.25) is 5.02 Å². The molecule has 0 saturated heterocycles. The summed E-state index contributed by atoms with van der Waals surface area (Å²) in [5.74, 6) is 0.474. The molecule has 1 atom stereocenters. The number of benzene rings is 2. The number of ether oxygens (including phenoxy) is 1. The number of allylic oxidation sites excluding steroid dienone is 1. The monoisotopic (exact) mass is 591 g/mol. The van der Waals surface area contributed by atoms with E-state index in [-0.39, 0.29) is 17.9 Å². The van der Waals surface area contributed by atoms with Crippen LogP contribution in [0.5, 0.6) is 0 Å². The molecule has 9 nitrogen and oxygen atoms in total. The number of thiazole rings is 1. The molecule has 41 heavy (non-hydrogen) atoms. The number of carbonyl (C=O) groups excluding carboxylic acids is 1. The van der Waals surface area contributed by atoms with E-state index in [9.17, 15) is 19.7 Å². The number of non-ortho nitro benzene ring substituents is 1. The van der Waals surface area contributed by atoms with Gasteiger partial charge in [0.15, 0.2) is 4.80 Å². The summed E-state index contributed by atoms with van der Waals surface area (Å²) in [7, 11) is 0. The van der Waals surface area contributed by atoms with Crippen LogP contribution in [-0.4, -0.2) is 22.1 Å². The van der Waals surface area contributed by atoms with Crippen LogP contribution in [0.15, 0.2) is 80.1 Å². The zero-order valence-corrected chi connectivity index (χ0v) is 24.3. The number of furan rings is 1. The Morgan fingerprint density at radius 2 is 1.95 bits per heavy atom. The maximum absolute atomic E-state index is 13.8. The minimum absolute atomic E-state index is 0.120. The van der Waals surface area contributed by atoms with Gasteiger partial charge in [0, 0.05) is 23.8 Å². The van der Waals surface area contributed by atoms with Crippen molar-refractivity contribution in [1.29, 1.82) is 0 Å². The van der Waals surface area contributed by atoms with Gasteiger partial charge in [-0.1, -0.05) is 61.1 Å². The van der Waals surface area contributed by atoms with Gasteiger partial charge in [-0.2, -0.15) is 0 Å². The molecule has 0 spiro atoms. The quantitative estimate of drug-likeness (QED) is 0.154. The maximum Gasteiger partial charge on any atom is 0.338 e. The molecule has 0 saturated carbocycles. The van der Waals surface area contributed by atoms with Gasteiger partial charge in [0.25, 0.3) is 11.2 Å². The number of nitrogens with zero attached hydrogens (tertiary/aromatic N) is 3. The Bertz CT molecular complexity index is 1880. The van der Waals surface area contributed by atoms with Crippen molar-refractivity contribution in [2.24, 2.45) is 4.99 Å². The second kappa shape index (κ2) is 11.3. The Hall–Kier alpha value is -4.28. The molecule has 1 unspecified atom stereocenters. The highest BCUT2D eigenvalue weighted by molar-refractivity contribution is 7.07. The number of halogens is 1. The topological polar surface area (TPSA) is 117 Å². The fraction of sp³-hybridized carbons (Fsp3) is 0.233.